The van der Waals surface area contributed by atoms with Crippen LogP contribution in [0.15, 0.2) is 54.6 Å². The molecule has 0 aliphatic heterocycles. The minimum Gasteiger partial charge on any atom is -0.326 e. The number of hydrogen-bond donors (Lipinski definition) is 3. The molecule has 0 saturated heterocycles. The Morgan fingerprint density at radius 2 is 1.32 bits per heavy atom. The van der Waals surface area contributed by atoms with Crippen molar-refractivity contribution in [2.75, 3.05) is 16.0 Å². The minimum absolute atomic E-state index is 0.0734. The molecule has 4 rings (SSSR count). The van der Waals surface area contributed by atoms with Crippen LogP contribution in [-0.4, -0.2) is 22.1 Å². The van der Waals surface area contributed by atoms with Gasteiger partial charge in [-0.15, -0.1) is 23.2 Å². The smallest absolute Gasteiger partial charge is 0.257 e. The minimum atomic E-state index is -1.39. The van der Waals surface area contributed by atoms with Gasteiger partial charge in [-0.05, 0) is 60.2 Å². The molecular weight excluding hydrogens is 603 g/mol. The molecule has 12 heteroatoms. The standard InChI is InChI=1S/C25H17Cl6N3O3/c1-11(35)32-15-2-4-16(5-3-15)33-23(36)17-9-20(19(29)10-18(17)28)34-24(37)22-21(25(22,30)31)12-6-13(26)8-14(27)7-12/h2-10,21-22H,1H3,(H,32,35)(H,33,36)(H,34,37)/t21-,22+/m0/s1. The van der Waals surface area contributed by atoms with E-state index in [1.165, 1.54) is 19.1 Å². The van der Waals surface area contributed by atoms with E-state index < -0.39 is 28.0 Å². The zero-order valence-corrected chi connectivity index (χ0v) is 23.4. The quantitative estimate of drug-likeness (QED) is 0.244. The molecule has 0 spiro atoms. The van der Waals surface area contributed by atoms with Crippen LogP contribution in [-0.2, 0) is 9.59 Å². The maximum atomic E-state index is 13.1. The highest BCUT2D eigenvalue weighted by Gasteiger charge is 2.67. The highest BCUT2D eigenvalue weighted by Crippen LogP contribution is 2.65. The Labute approximate surface area is 242 Å². The first-order chi connectivity index (χ1) is 17.4. The maximum absolute atomic E-state index is 13.1. The topological polar surface area (TPSA) is 87.3 Å². The second kappa shape index (κ2) is 10.9. The Bertz CT molecular complexity index is 1390. The van der Waals surface area contributed by atoms with E-state index in [0.29, 0.717) is 27.0 Å². The van der Waals surface area contributed by atoms with Crippen LogP contribution in [0.5, 0.6) is 0 Å². The molecule has 192 valence electrons. The van der Waals surface area contributed by atoms with Crippen molar-refractivity contribution < 1.29 is 14.4 Å². The summed E-state index contributed by atoms with van der Waals surface area (Å²) in [5.41, 5.74) is 1.89. The first-order valence-electron chi connectivity index (χ1n) is 10.7. The van der Waals surface area contributed by atoms with Gasteiger partial charge in [-0.3, -0.25) is 14.4 Å². The zero-order chi connectivity index (χ0) is 27.1. The molecule has 0 bridgehead atoms. The largest absolute Gasteiger partial charge is 0.326 e. The predicted octanol–water partition coefficient (Wildman–Crippen LogP) is 8.04. The van der Waals surface area contributed by atoms with Gasteiger partial charge in [0.05, 0.1) is 27.2 Å². The lowest BCUT2D eigenvalue weighted by molar-refractivity contribution is -0.117. The summed E-state index contributed by atoms with van der Waals surface area (Å²) in [5.74, 6) is -2.63. The van der Waals surface area contributed by atoms with Crippen molar-refractivity contribution in [3.05, 3.63) is 85.8 Å². The van der Waals surface area contributed by atoms with Crippen LogP contribution in [0.3, 0.4) is 0 Å². The summed E-state index contributed by atoms with van der Waals surface area (Å²) >= 11 is 37.6. The average Bonchev–Trinajstić information content (AvgIpc) is 3.38. The summed E-state index contributed by atoms with van der Waals surface area (Å²) in [6.07, 6.45) is 0. The fraction of sp³-hybridized carbons (Fsp3) is 0.160. The van der Waals surface area contributed by atoms with E-state index >= 15 is 0 Å². The lowest BCUT2D eigenvalue weighted by atomic mass is 10.1. The van der Waals surface area contributed by atoms with Gasteiger partial charge in [0.2, 0.25) is 11.8 Å². The third kappa shape index (κ3) is 6.28. The summed E-state index contributed by atoms with van der Waals surface area (Å²) in [6.45, 7) is 1.39. The highest BCUT2D eigenvalue weighted by molar-refractivity contribution is 6.53. The van der Waals surface area contributed by atoms with Gasteiger partial charge in [-0.2, -0.15) is 0 Å². The van der Waals surface area contributed by atoms with Gasteiger partial charge in [-0.25, -0.2) is 0 Å². The van der Waals surface area contributed by atoms with Crippen LogP contribution < -0.4 is 16.0 Å². The van der Waals surface area contributed by atoms with E-state index in [4.69, 9.17) is 69.6 Å². The summed E-state index contributed by atoms with van der Waals surface area (Å²) < 4.78 is -1.39. The van der Waals surface area contributed by atoms with Crippen LogP contribution >= 0.6 is 69.6 Å². The molecule has 3 aromatic carbocycles. The summed E-state index contributed by atoms with van der Waals surface area (Å²) in [7, 11) is 0. The monoisotopic (exact) mass is 617 g/mol. The second-order valence-corrected chi connectivity index (χ2v) is 11.5. The third-order valence-corrected chi connectivity index (χ3v) is 7.60. The van der Waals surface area contributed by atoms with Crippen LogP contribution in [0, 0.1) is 5.92 Å². The SMILES string of the molecule is CC(=O)Nc1ccc(NC(=O)c2cc(NC(=O)[C@H]3[C@H](c4cc(Cl)cc(Cl)c4)C3(Cl)Cl)c(Cl)cc2Cl)cc1. The Morgan fingerprint density at radius 3 is 1.89 bits per heavy atom. The number of anilines is 3. The number of amides is 3. The van der Waals surface area contributed by atoms with E-state index in [2.05, 4.69) is 16.0 Å². The molecule has 6 nitrogen and oxygen atoms in total. The molecule has 2 atom stereocenters. The summed E-state index contributed by atoms with van der Waals surface area (Å²) in [5, 5.41) is 9.00. The fourth-order valence-electron chi connectivity index (χ4n) is 3.89. The molecule has 1 saturated carbocycles. The van der Waals surface area contributed by atoms with Crippen molar-refractivity contribution in [3.8, 4) is 0 Å². The summed E-state index contributed by atoms with van der Waals surface area (Å²) in [6, 6.07) is 14.1. The Hall–Kier alpha value is -2.19. The van der Waals surface area contributed by atoms with Crippen molar-refractivity contribution in [1.29, 1.82) is 0 Å². The van der Waals surface area contributed by atoms with Crippen LogP contribution in [0.4, 0.5) is 17.1 Å². The number of alkyl halides is 2. The lowest BCUT2D eigenvalue weighted by Crippen LogP contribution is -2.18. The van der Waals surface area contributed by atoms with Gasteiger partial charge >= 0.3 is 0 Å². The Morgan fingerprint density at radius 1 is 0.757 bits per heavy atom. The third-order valence-electron chi connectivity index (χ3n) is 5.60. The lowest BCUT2D eigenvalue weighted by Gasteiger charge is -2.12. The predicted molar refractivity (Wildman–Crippen MR) is 151 cm³/mol. The van der Waals surface area contributed by atoms with Crippen molar-refractivity contribution in [3.63, 3.8) is 0 Å². The number of nitrogens with one attached hydrogen (secondary N) is 3. The van der Waals surface area contributed by atoms with Gasteiger partial charge < -0.3 is 16.0 Å². The van der Waals surface area contributed by atoms with Crippen LogP contribution in [0.2, 0.25) is 20.1 Å². The normalized spacial score (nSPS) is 17.6. The average molecular weight is 620 g/mol. The Kier molecular flexibility index (Phi) is 8.19. The van der Waals surface area contributed by atoms with E-state index in [-0.39, 0.29) is 27.2 Å². The molecular formula is C25H17Cl6N3O3. The molecule has 1 fully saturated rings. The molecule has 0 unspecified atom stereocenters. The summed E-state index contributed by atoms with van der Waals surface area (Å²) in [4.78, 5) is 37.2. The number of rotatable bonds is 6. The molecule has 3 N–H and O–H groups in total. The van der Waals surface area contributed by atoms with Gasteiger partial charge in [0.25, 0.3) is 5.91 Å². The number of carbonyl (C=O) groups is 3. The molecule has 0 heterocycles. The van der Waals surface area contributed by atoms with Gasteiger partial charge in [-0.1, -0.05) is 46.4 Å². The number of carbonyl (C=O) groups excluding carboxylic acids is 3. The molecule has 37 heavy (non-hydrogen) atoms. The second-order valence-electron chi connectivity index (χ2n) is 8.35. The van der Waals surface area contributed by atoms with E-state index in [0.717, 1.165) is 0 Å². The first kappa shape index (κ1) is 27.8. The van der Waals surface area contributed by atoms with Crippen molar-refractivity contribution >= 4 is 104 Å². The molecule has 0 radical (unpaired) electrons. The maximum Gasteiger partial charge on any atom is 0.257 e. The van der Waals surface area contributed by atoms with E-state index in [1.807, 2.05) is 0 Å². The van der Waals surface area contributed by atoms with E-state index in [1.54, 1.807) is 42.5 Å². The molecule has 0 aromatic heterocycles. The molecule has 3 amide bonds. The fourth-order valence-corrected chi connectivity index (χ4v) is 5.78. The molecule has 3 aromatic rings. The van der Waals surface area contributed by atoms with Crippen LogP contribution in [0.25, 0.3) is 0 Å². The van der Waals surface area contributed by atoms with Gasteiger partial charge in [0.15, 0.2) is 0 Å². The van der Waals surface area contributed by atoms with Gasteiger partial charge in [0.1, 0.15) is 4.33 Å². The highest BCUT2D eigenvalue weighted by atomic mass is 35.5. The number of hydrogen-bond acceptors (Lipinski definition) is 3. The number of halogens is 6. The Balaban J connectivity index is 1.51. The first-order valence-corrected chi connectivity index (χ1v) is 13.0. The van der Waals surface area contributed by atoms with E-state index in [9.17, 15) is 14.4 Å². The van der Waals surface area contributed by atoms with Crippen molar-refractivity contribution in [2.24, 2.45) is 5.92 Å². The molecule has 1 aliphatic rings. The number of benzene rings is 3. The van der Waals surface area contributed by atoms with Crippen molar-refractivity contribution in [1.82, 2.24) is 0 Å². The van der Waals surface area contributed by atoms with Crippen LogP contribution in [0.1, 0.15) is 28.8 Å². The zero-order valence-electron chi connectivity index (χ0n) is 18.8. The molecule has 1 aliphatic carbocycles. The van der Waals surface area contributed by atoms with Gasteiger partial charge in [0, 0.05) is 34.3 Å². The van der Waals surface area contributed by atoms with Crippen molar-refractivity contribution in [2.45, 2.75) is 17.2 Å².